The number of sulfonamides is 1. The van der Waals surface area contributed by atoms with Crippen LogP contribution in [0.15, 0.2) is 48.6 Å². The van der Waals surface area contributed by atoms with E-state index in [0.717, 1.165) is 4.47 Å². The zero-order chi connectivity index (χ0) is 15.8. The lowest BCUT2D eigenvalue weighted by molar-refractivity contribution is 0.601. The zero-order valence-corrected chi connectivity index (χ0v) is 16.4. The molecule has 0 aliphatic heterocycles. The van der Waals surface area contributed by atoms with Crippen LogP contribution in [0.3, 0.4) is 0 Å². The molecule has 2 aromatic carbocycles. The summed E-state index contributed by atoms with van der Waals surface area (Å²) in [7, 11) is -3.78. The van der Waals surface area contributed by atoms with Crippen molar-refractivity contribution in [3.8, 4) is 0 Å². The maximum Gasteiger partial charge on any atom is 0.264 e. The van der Waals surface area contributed by atoms with E-state index >= 15 is 0 Å². The molecule has 0 fully saturated rings. The molecule has 0 saturated carbocycles. The van der Waals surface area contributed by atoms with Crippen molar-refractivity contribution in [1.82, 2.24) is 0 Å². The standard InChI is InChI=1S/C13H11Br3N2O2S/c1-7-3-2-4-11(17)13(7)21(19,20)18-12-9(15)5-8(14)6-10(12)16/h2-6,18H,17H2,1H3. The molecule has 21 heavy (non-hydrogen) atoms. The first kappa shape index (κ1) is 16.8. The maximum atomic E-state index is 12.6. The molecule has 0 unspecified atom stereocenters. The quantitative estimate of drug-likeness (QED) is 0.604. The van der Waals surface area contributed by atoms with Crippen molar-refractivity contribution in [2.45, 2.75) is 11.8 Å². The van der Waals surface area contributed by atoms with Gasteiger partial charge >= 0.3 is 0 Å². The van der Waals surface area contributed by atoms with E-state index in [1.165, 1.54) is 0 Å². The Balaban J connectivity index is 2.53. The fourth-order valence-corrected chi connectivity index (χ4v) is 6.05. The van der Waals surface area contributed by atoms with E-state index in [9.17, 15) is 8.42 Å². The van der Waals surface area contributed by atoms with Gasteiger partial charge in [0, 0.05) is 13.4 Å². The van der Waals surface area contributed by atoms with E-state index in [0.29, 0.717) is 20.2 Å². The molecule has 0 bridgehead atoms. The Morgan fingerprint density at radius 1 is 1.10 bits per heavy atom. The molecule has 0 saturated heterocycles. The van der Waals surface area contributed by atoms with Gasteiger partial charge in [-0.05, 0) is 62.5 Å². The fourth-order valence-electron chi connectivity index (χ4n) is 1.87. The summed E-state index contributed by atoms with van der Waals surface area (Å²) in [5, 5.41) is 0. The van der Waals surface area contributed by atoms with Gasteiger partial charge < -0.3 is 5.73 Å². The number of benzene rings is 2. The number of rotatable bonds is 3. The van der Waals surface area contributed by atoms with E-state index < -0.39 is 10.0 Å². The first-order valence-electron chi connectivity index (χ1n) is 5.75. The Hall–Kier alpha value is -0.570. The SMILES string of the molecule is Cc1cccc(N)c1S(=O)(=O)Nc1c(Br)cc(Br)cc1Br. The van der Waals surface area contributed by atoms with E-state index in [4.69, 9.17) is 5.73 Å². The number of anilines is 2. The molecule has 2 aromatic rings. The van der Waals surface area contributed by atoms with Crippen molar-refractivity contribution in [2.75, 3.05) is 10.5 Å². The van der Waals surface area contributed by atoms with Crippen LogP contribution < -0.4 is 10.5 Å². The monoisotopic (exact) mass is 496 g/mol. The minimum Gasteiger partial charge on any atom is -0.398 e. The molecule has 0 radical (unpaired) electrons. The van der Waals surface area contributed by atoms with E-state index in [1.807, 2.05) is 0 Å². The molecule has 0 aliphatic rings. The molecule has 8 heteroatoms. The Labute approximate surface area is 148 Å². The first-order valence-corrected chi connectivity index (χ1v) is 9.61. The minimum atomic E-state index is -3.78. The second-order valence-corrected chi connectivity index (χ2v) is 8.59. The number of halogens is 3. The average Bonchev–Trinajstić information content (AvgIpc) is 2.33. The van der Waals surface area contributed by atoms with Crippen LogP contribution in [-0.2, 0) is 10.0 Å². The predicted molar refractivity (Wildman–Crippen MR) is 95.9 cm³/mol. The Bertz CT molecular complexity index is 764. The van der Waals surface area contributed by atoms with Crippen LogP contribution in [0, 0.1) is 6.92 Å². The molecule has 0 aromatic heterocycles. The lowest BCUT2D eigenvalue weighted by Gasteiger charge is -2.15. The largest absolute Gasteiger partial charge is 0.398 e. The average molecular weight is 499 g/mol. The third-order valence-corrected chi connectivity index (χ3v) is 6.03. The van der Waals surface area contributed by atoms with Crippen LogP contribution in [0.2, 0.25) is 0 Å². The normalized spacial score (nSPS) is 11.4. The van der Waals surface area contributed by atoms with Crippen molar-refractivity contribution in [3.63, 3.8) is 0 Å². The lowest BCUT2D eigenvalue weighted by atomic mass is 10.2. The number of hydrogen-bond donors (Lipinski definition) is 2. The van der Waals surface area contributed by atoms with Crippen LogP contribution >= 0.6 is 47.8 Å². The van der Waals surface area contributed by atoms with Crippen molar-refractivity contribution in [2.24, 2.45) is 0 Å². The van der Waals surface area contributed by atoms with Gasteiger partial charge in [0.1, 0.15) is 4.90 Å². The Morgan fingerprint density at radius 3 is 2.19 bits per heavy atom. The molecule has 112 valence electrons. The van der Waals surface area contributed by atoms with Gasteiger partial charge in [-0.3, -0.25) is 4.72 Å². The number of nitrogen functional groups attached to an aromatic ring is 1. The highest BCUT2D eigenvalue weighted by atomic mass is 79.9. The van der Waals surface area contributed by atoms with Crippen LogP contribution in [0.5, 0.6) is 0 Å². The fraction of sp³-hybridized carbons (Fsp3) is 0.0769. The van der Waals surface area contributed by atoms with Crippen molar-refractivity contribution >= 4 is 69.2 Å². The van der Waals surface area contributed by atoms with E-state index in [1.54, 1.807) is 37.3 Å². The summed E-state index contributed by atoms with van der Waals surface area (Å²) in [5.74, 6) is 0. The highest BCUT2D eigenvalue weighted by molar-refractivity contribution is 9.11. The zero-order valence-electron chi connectivity index (χ0n) is 10.8. The number of aryl methyl sites for hydroxylation is 1. The second-order valence-electron chi connectivity index (χ2n) is 4.34. The van der Waals surface area contributed by atoms with Crippen molar-refractivity contribution in [1.29, 1.82) is 0 Å². The third kappa shape index (κ3) is 3.61. The van der Waals surface area contributed by atoms with E-state index in [-0.39, 0.29) is 10.6 Å². The summed E-state index contributed by atoms with van der Waals surface area (Å²) >= 11 is 10.0. The predicted octanol–water partition coefficient (Wildman–Crippen LogP) is 4.67. The highest BCUT2D eigenvalue weighted by Crippen LogP contribution is 2.36. The Kier molecular flexibility index (Phi) is 5.02. The minimum absolute atomic E-state index is 0.0896. The summed E-state index contributed by atoms with van der Waals surface area (Å²) in [6, 6.07) is 8.49. The molecule has 0 aliphatic carbocycles. The maximum absolute atomic E-state index is 12.6. The van der Waals surface area contributed by atoms with E-state index in [2.05, 4.69) is 52.5 Å². The number of nitrogens with two attached hydrogens (primary N) is 1. The summed E-state index contributed by atoms with van der Waals surface area (Å²) < 4.78 is 29.8. The van der Waals surface area contributed by atoms with Gasteiger partial charge in [0.25, 0.3) is 10.0 Å². The summed E-state index contributed by atoms with van der Waals surface area (Å²) in [5.41, 5.74) is 7.03. The summed E-state index contributed by atoms with van der Waals surface area (Å²) in [4.78, 5) is 0.0896. The number of hydrogen-bond acceptors (Lipinski definition) is 3. The van der Waals surface area contributed by atoms with Gasteiger partial charge in [0.2, 0.25) is 0 Å². The lowest BCUT2D eigenvalue weighted by Crippen LogP contribution is -2.16. The highest BCUT2D eigenvalue weighted by Gasteiger charge is 2.22. The van der Waals surface area contributed by atoms with Gasteiger partial charge in [-0.15, -0.1) is 0 Å². The Morgan fingerprint density at radius 2 is 1.67 bits per heavy atom. The topological polar surface area (TPSA) is 72.2 Å². The van der Waals surface area contributed by atoms with Gasteiger partial charge in [0.15, 0.2) is 0 Å². The van der Waals surface area contributed by atoms with Gasteiger partial charge in [-0.2, -0.15) is 0 Å². The molecule has 0 amide bonds. The molecular weight excluding hydrogens is 488 g/mol. The second kappa shape index (κ2) is 6.28. The van der Waals surface area contributed by atoms with Crippen LogP contribution in [0.1, 0.15) is 5.56 Å². The van der Waals surface area contributed by atoms with Crippen molar-refractivity contribution in [3.05, 3.63) is 49.3 Å². The van der Waals surface area contributed by atoms with Crippen LogP contribution in [0.4, 0.5) is 11.4 Å². The molecule has 2 rings (SSSR count). The summed E-state index contributed by atoms with van der Waals surface area (Å²) in [6.07, 6.45) is 0. The summed E-state index contributed by atoms with van der Waals surface area (Å²) in [6.45, 7) is 1.70. The van der Waals surface area contributed by atoms with Crippen LogP contribution in [-0.4, -0.2) is 8.42 Å². The first-order chi connectivity index (χ1) is 9.72. The third-order valence-electron chi connectivity index (χ3n) is 2.75. The van der Waals surface area contributed by atoms with Crippen molar-refractivity contribution < 1.29 is 8.42 Å². The molecule has 0 spiro atoms. The van der Waals surface area contributed by atoms with Gasteiger partial charge in [0.05, 0.1) is 11.4 Å². The molecule has 0 atom stereocenters. The van der Waals surface area contributed by atoms with Gasteiger partial charge in [-0.25, -0.2) is 8.42 Å². The smallest absolute Gasteiger partial charge is 0.264 e. The van der Waals surface area contributed by atoms with Crippen LogP contribution in [0.25, 0.3) is 0 Å². The van der Waals surface area contributed by atoms with Gasteiger partial charge in [-0.1, -0.05) is 28.1 Å². The number of nitrogens with one attached hydrogen (secondary N) is 1. The molecule has 4 nitrogen and oxygen atoms in total. The molecule has 0 heterocycles. The molecule has 3 N–H and O–H groups in total. The molecular formula is C13H11Br3N2O2S.